The molecule has 1 unspecified atom stereocenters. The molecule has 0 amide bonds. The van der Waals surface area contributed by atoms with Crippen LogP contribution in [0.2, 0.25) is 0 Å². The molecule has 0 aliphatic carbocycles. The largest absolute Gasteiger partial charge is 0.398 e. The topological polar surface area (TPSA) is 81.4 Å². The Bertz CT molecular complexity index is 428. The lowest BCUT2D eigenvalue weighted by Crippen LogP contribution is -2.35. The van der Waals surface area contributed by atoms with Crippen molar-refractivity contribution < 1.29 is 13.2 Å². The maximum atomic E-state index is 11.8. The Hall–Kier alpha value is -0.630. The number of hydrogen-bond acceptors (Lipinski definition) is 5. The average molecular weight is 264 g/mol. The van der Waals surface area contributed by atoms with Crippen LogP contribution in [0.5, 0.6) is 0 Å². The Balaban J connectivity index is 2.65. The van der Waals surface area contributed by atoms with Gasteiger partial charge in [-0.05, 0) is 19.9 Å². The molecule has 5 nitrogen and oxygen atoms in total. The van der Waals surface area contributed by atoms with E-state index < -0.39 is 10.0 Å². The first-order valence-electron chi connectivity index (χ1n) is 4.89. The lowest BCUT2D eigenvalue weighted by atomic mass is 10.4. The average Bonchev–Trinajstić information content (AvgIpc) is 2.62. The fourth-order valence-corrected chi connectivity index (χ4v) is 3.45. The second-order valence-electron chi connectivity index (χ2n) is 3.38. The van der Waals surface area contributed by atoms with E-state index >= 15 is 0 Å². The van der Waals surface area contributed by atoms with E-state index in [0.29, 0.717) is 18.9 Å². The third-order valence-corrected chi connectivity index (χ3v) is 4.84. The summed E-state index contributed by atoms with van der Waals surface area (Å²) in [6, 6.07) is 1.19. The minimum atomic E-state index is -3.46. The Morgan fingerprint density at radius 2 is 2.31 bits per heavy atom. The molecular weight excluding hydrogens is 248 g/mol. The number of sulfonamides is 1. The van der Waals surface area contributed by atoms with Gasteiger partial charge in [-0.2, -0.15) is 0 Å². The SMILES string of the molecule is CCOCC(C)NS(=O)(=O)c1cc(N)cs1. The van der Waals surface area contributed by atoms with Crippen LogP contribution in [0.1, 0.15) is 13.8 Å². The van der Waals surface area contributed by atoms with Crippen LogP contribution in [0.3, 0.4) is 0 Å². The molecule has 16 heavy (non-hydrogen) atoms. The Labute approximate surface area is 99.7 Å². The molecule has 0 aliphatic rings. The number of thiophene rings is 1. The second kappa shape index (κ2) is 5.62. The summed E-state index contributed by atoms with van der Waals surface area (Å²) in [5.41, 5.74) is 5.94. The van der Waals surface area contributed by atoms with E-state index in [0.717, 1.165) is 11.3 Å². The first-order chi connectivity index (χ1) is 7.45. The van der Waals surface area contributed by atoms with Gasteiger partial charge in [0.25, 0.3) is 0 Å². The summed E-state index contributed by atoms with van der Waals surface area (Å²) in [5, 5.41) is 1.60. The Morgan fingerprint density at radius 3 is 2.81 bits per heavy atom. The van der Waals surface area contributed by atoms with Crippen LogP contribution < -0.4 is 10.5 Å². The minimum Gasteiger partial charge on any atom is -0.398 e. The van der Waals surface area contributed by atoms with Gasteiger partial charge in [-0.15, -0.1) is 11.3 Å². The molecule has 0 saturated carbocycles. The zero-order valence-electron chi connectivity index (χ0n) is 9.26. The number of anilines is 1. The molecule has 0 aromatic carbocycles. The molecule has 0 spiro atoms. The summed E-state index contributed by atoms with van der Waals surface area (Å²) in [6.45, 7) is 4.54. The molecule has 1 heterocycles. The number of nitrogens with one attached hydrogen (secondary N) is 1. The highest BCUT2D eigenvalue weighted by Gasteiger charge is 2.19. The number of nitrogens with two attached hydrogens (primary N) is 1. The van der Waals surface area contributed by atoms with E-state index in [-0.39, 0.29) is 10.3 Å². The van der Waals surface area contributed by atoms with E-state index in [2.05, 4.69) is 4.72 Å². The standard InChI is InChI=1S/C9H16N2O3S2/c1-3-14-5-7(2)11-16(12,13)9-4-8(10)6-15-9/h4,6-7,11H,3,5,10H2,1-2H3. The summed E-state index contributed by atoms with van der Waals surface area (Å²) in [4.78, 5) is 0. The van der Waals surface area contributed by atoms with Gasteiger partial charge in [-0.1, -0.05) is 0 Å². The molecule has 1 atom stereocenters. The zero-order chi connectivity index (χ0) is 12.2. The fraction of sp³-hybridized carbons (Fsp3) is 0.556. The van der Waals surface area contributed by atoms with Crippen LogP contribution in [-0.4, -0.2) is 27.7 Å². The third-order valence-electron chi connectivity index (χ3n) is 1.79. The highest BCUT2D eigenvalue weighted by Crippen LogP contribution is 2.21. The Morgan fingerprint density at radius 1 is 1.62 bits per heavy atom. The Kier molecular flexibility index (Phi) is 4.72. The molecule has 0 saturated heterocycles. The van der Waals surface area contributed by atoms with E-state index in [1.165, 1.54) is 6.07 Å². The number of rotatable bonds is 6. The molecule has 0 radical (unpaired) electrons. The highest BCUT2D eigenvalue weighted by atomic mass is 32.2. The van der Waals surface area contributed by atoms with Gasteiger partial charge >= 0.3 is 0 Å². The van der Waals surface area contributed by atoms with Gasteiger partial charge in [0.05, 0.1) is 6.61 Å². The summed E-state index contributed by atoms with van der Waals surface area (Å²) in [5.74, 6) is 0. The molecule has 7 heteroatoms. The third kappa shape index (κ3) is 3.75. The normalized spacial score (nSPS) is 13.9. The highest BCUT2D eigenvalue weighted by molar-refractivity contribution is 7.91. The zero-order valence-corrected chi connectivity index (χ0v) is 10.9. The molecule has 92 valence electrons. The molecule has 1 aromatic rings. The van der Waals surface area contributed by atoms with Crippen LogP contribution in [-0.2, 0) is 14.8 Å². The molecule has 0 fully saturated rings. The predicted molar refractivity (Wildman–Crippen MR) is 65.0 cm³/mol. The van der Waals surface area contributed by atoms with Gasteiger partial charge in [0.15, 0.2) is 0 Å². The van der Waals surface area contributed by atoms with Crippen LogP contribution in [0.25, 0.3) is 0 Å². The molecular formula is C9H16N2O3S2. The summed E-state index contributed by atoms with van der Waals surface area (Å²) in [7, 11) is -3.46. The van der Waals surface area contributed by atoms with Crippen LogP contribution in [0.15, 0.2) is 15.7 Å². The van der Waals surface area contributed by atoms with Crippen molar-refractivity contribution in [2.75, 3.05) is 18.9 Å². The quantitative estimate of drug-likeness (QED) is 0.804. The molecule has 1 rings (SSSR count). The second-order valence-corrected chi connectivity index (χ2v) is 6.23. The van der Waals surface area contributed by atoms with Crippen molar-refractivity contribution in [3.63, 3.8) is 0 Å². The minimum absolute atomic E-state index is 0.230. The van der Waals surface area contributed by atoms with Gasteiger partial charge in [-0.3, -0.25) is 0 Å². The van der Waals surface area contributed by atoms with Crippen molar-refractivity contribution in [3.05, 3.63) is 11.4 Å². The summed E-state index contributed by atoms with van der Waals surface area (Å²) in [6.07, 6.45) is 0. The first-order valence-corrected chi connectivity index (χ1v) is 7.26. The fourth-order valence-electron chi connectivity index (χ4n) is 1.12. The summed E-state index contributed by atoms with van der Waals surface area (Å²) >= 11 is 1.11. The molecule has 3 N–H and O–H groups in total. The predicted octanol–water partition coefficient (Wildman–Crippen LogP) is 1.03. The van der Waals surface area contributed by atoms with Gasteiger partial charge in [0.2, 0.25) is 10.0 Å². The van der Waals surface area contributed by atoms with Crippen molar-refractivity contribution in [1.29, 1.82) is 0 Å². The van der Waals surface area contributed by atoms with E-state index in [4.69, 9.17) is 10.5 Å². The number of ether oxygens (including phenoxy) is 1. The maximum absolute atomic E-state index is 11.8. The maximum Gasteiger partial charge on any atom is 0.250 e. The smallest absolute Gasteiger partial charge is 0.250 e. The van der Waals surface area contributed by atoms with Crippen LogP contribution in [0.4, 0.5) is 5.69 Å². The van der Waals surface area contributed by atoms with Crippen LogP contribution in [0, 0.1) is 0 Å². The monoisotopic (exact) mass is 264 g/mol. The van der Waals surface area contributed by atoms with Gasteiger partial charge < -0.3 is 10.5 Å². The van der Waals surface area contributed by atoms with Crippen LogP contribution >= 0.6 is 11.3 Å². The van der Waals surface area contributed by atoms with E-state index in [1.54, 1.807) is 12.3 Å². The lowest BCUT2D eigenvalue weighted by Gasteiger charge is -2.12. The molecule has 0 bridgehead atoms. The van der Waals surface area contributed by atoms with Crippen molar-refractivity contribution in [2.24, 2.45) is 0 Å². The number of nitrogen functional groups attached to an aromatic ring is 1. The van der Waals surface area contributed by atoms with E-state index in [9.17, 15) is 8.42 Å². The van der Waals surface area contributed by atoms with E-state index in [1.807, 2.05) is 6.92 Å². The summed E-state index contributed by atoms with van der Waals surface area (Å²) < 4.78 is 31.5. The lowest BCUT2D eigenvalue weighted by molar-refractivity contribution is 0.133. The molecule has 0 aliphatic heterocycles. The van der Waals surface area contributed by atoms with Crippen molar-refractivity contribution in [1.82, 2.24) is 4.72 Å². The first kappa shape index (κ1) is 13.4. The van der Waals surface area contributed by atoms with Gasteiger partial charge in [0.1, 0.15) is 4.21 Å². The van der Waals surface area contributed by atoms with Gasteiger partial charge in [0, 0.05) is 23.7 Å². The van der Waals surface area contributed by atoms with Crippen molar-refractivity contribution >= 4 is 27.0 Å². The molecule has 1 aromatic heterocycles. The van der Waals surface area contributed by atoms with Gasteiger partial charge in [-0.25, -0.2) is 13.1 Å². The van der Waals surface area contributed by atoms with Crippen molar-refractivity contribution in [3.8, 4) is 0 Å². The number of hydrogen-bond donors (Lipinski definition) is 2. The van der Waals surface area contributed by atoms with Crippen molar-refractivity contribution in [2.45, 2.75) is 24.1 Å².